The Morgan fingerprint density at radius 3 is 2.07 bits per heavy atom. The van der Waals surface area contributed by atoms with E-state index in [1.54, 1.807) is 17.5 Å². The molecule has 0 unspecified atom stereocenters. The largest absolute Gasteiger partial charge is 0.512 e. The second-order valence-corrected chi connectivity index (χ2v) is 20.4. The van der Waals surface area contributed by atoms with Crippen LogP contribution in [0.3, 0.4) is 0 Å². The fraction of sp³-hybridized carbons (Fsp3) is 0.538. The summed E-state index contributed by atoms with van der Waals surface area (Å²) >= 11 is 1.62. The molecule has 1 radical (unpaired) electrons. The number of thiophene rings is 1. The molecule has 1 aliphatic rings. The third-order valence-electron chi connectivity index (χ3n) is 12.0. The molecule has 5 heteroatoms. The summed E-state index contributed by atoms with van der Waals surface area (Å²) in [6.45, 7) is 26.6. The van der Waals surface area contributed by atoms with Crippen molar-refractivity contribution in [2.45, 2.75) is 165 Å². The number of aliphatic hydroxyl groups is 1. The van der Waals surface area contributed by atoms with Gasteiger partial charge >= 0.3 is 0 Å². The summed E-state index contributed by atoms with van der Waals surface area (Å²) in [5.41, 5.74) is 3.75. The number of fused-ring (bicyclic) bond motifs is 6. The van der Waals surface area contributed by atoms with Crippen LogP contribution in [0.4, 0.5) is 0 Å². The molecule has 1 N–H and O–H groups in total. The summed E-state index contributed by atoms with van der Waals surface area (Å²) in [6, 6.07) is 16.1. The number of ketones is 1. The van der Waals surface area contributed by atoms with Gasteiger partial charge in [-0.25, -0.2) is 0 Å². The van der Waals surface area contributed by atoms with Crippen LogP contribution in [-0.2, 0) is 47.5 Å². The van der Waals surface area contributed by atoms with Gasteiger partial charge in [0.25, 0.3) is 0 Å². The van der Waals surface area contributed by atoms with Gasteiger partial charge in [0, 0.05) is 71.5 Å². The van der Waals surface area contributed by atoms with E-state index in [0.29, 0.717) is 10.9 Å². The first kappa shape index (κ1) is 39.6. The van der Waals surface area contributed by atoms with Gasteiger partial charge in [0.15, 0.2) is 5.78 Å². The summed E-state index contributed by atoms with van der Waals surface area (Å²) in [7, 11) is 0. The Morgan fingerprint density at radius 2 is 1.51 bits per heavy atom. The zero-order valence-corrected chi connectivity index (χ0v) is 40.3. The van der Waals surface area contributed by atoms with Crippen molar-refractivity contribution in [3.63, 3.8) is 0 Å². The molecule has 6 rings (SSSR count). The van der Waals surface area contributed by atoms with Crippen LogP contribution in [0.25, 0.3) is 42.2 Å². The molecular formula is C52H70IrNO2S-. The maximum Gasteiger partial charge on any atom is 0.162 e. The van der Waals surface area contributed by atoms with E-state index >= 15 is 0 Å². The average Bonchev–Trinajstić information content (AvgIpc) is 3.54. The molecule has 3 nitrogen and oxygen atoms in total. The van der Waals surface area contributed by atoms with Gasteiger partial charge in [-0.15, -0.1) is 40.5 Å². The van der Waals surface area contributed by atoms with Gasteiger partial charge in [0.1, 0.15) is 0 Å². The zero-order chi connectivity index (χ0) is 45.8. The fourth-order valence-electron chi connectivity index (χ4n) is 8.58. The molecule has 0 atom stereocenters. The number of aromatic nitrogens is 1. The minimum atomic E-state index is -2.54. The molecule has 1 aliphatic carbocycles. The number of allylic oxidation sites excluding steroid dienone is 2. The molecule has 2 aromatic heterocycles. The van der Waals surface area contributed by atoms with Crippen LogP contribution in [0.1, 0.15) is 170 Å². The summed E-state index contributed by atoms with van der Waals surface area (Å²) in [4.78, 5) is 16.7. The summed E-state index contributed by atoms with van der Waals surface area (Å²) < 4.78 is 48.2. The summed E-state index contributed by atoms with van der Waals surface area (Å²) in [5, 5.41) is 13.4. The number of carbonyl (C=O) groups is 1. The monoisotopic (exact) mass is 971 g/mol. The fourth-order valence-corrected chi connectivity index (χ4v) is 10.1. The standard InChI is InChI=1S/C39H46NS.C13H24O2.Ir/c1-23-28(22-36(2,3)4)31-32(39(10,11)18-17-38(31,8)9)35-30(23)27-16-19-40-33(34(27)41-35)25-20-24-14-12-13-15-26(24)29(21-25)37(5,6)7;1-5-10(6-2)12(14)9-13(15)11(7-3)8-4;/h12-16,19,21H,17-18,22H2,1-11H3;9-11,14H,5-8H2,1-4H3;/q-1;;/b;12-9-;/i1D3,22D2;;. The summed E-state index contributed by atoms with van der Waals surface area (Å²) in [5.74, 6) is 0.547. The molecule has 0 spiro atoms. The number of hydrogen-bond donors (Lipinski definition) is 1. The molecule has 0 saturated carbocycles. The Kier molecular flexibility index (Phi) is 12.4. The van der Waals surface area contributed by atoms with Gasteiger partial charge < -0.3 is 5.11 Å². The van der Waals surface area contributed by atoms with E-state index in [1.807, 2.05) is 60.6 Å². The number of benzene rings is 3. The Hall–Kier alpha value is -2.85. The van der Waals surface area contributed by atoms with Crippen molar-refractivity contribution in [1.82, 2.24) is 4.98 Å². The van der Waals surface area contributed by atoms with Crippen LogP contribution in [0.5, 0.6) is 0 Å². The first-order chi connectivity index (χ1) is 28.1. The van der Waals surface area contributed by atoms with Crippen LogP contribution in [0, 0.1) is 30.2 Å². The minimum absolute atomic E-state index is 0. The van der Waals surface area contributed by atoms with E-state index in [2.05, 4.69) is 78.8 Å². The van der Waals surface area contributed by atoms with Crippen LogP contribution < -0.4 is 0 Å². The van der Waals surface area contributed by atoms with Crippen molar-refractivity contribution in [3.05, 3.63) is 88.3 Å². The van der Waals surface area contributed by atoms with Crippen molar-refractivity contribution >= 4 is 48.1 Å². The SMILES string of the molecule is CCC(CC)C(=O)/C=C(\O)C(CC)CC.[2H]C([2H])([2H])c1c(C([2H])([2H])C(C)(C)C)c2c(c3sc4c(-c5[c-]c6ccccc6c(C(C)(C)C)c5)nccc4c13)C(C)(C)CCC2(C)C.[Ir]. The summed E-state index contributed by atoms with van der Waals surface area (Å²) in [6.07, 6.45) is 6.56. The number of nitrogens with zero attached hydrogens (tertiary/aromatic N) is 1. The van der Waals surface area contributed by atoms with Gasteiger partial charge in [-0.3, -0.25) is 9.78 Å². The molecule has 0 saturated heterocycles. The molecule has 0 aliphatic heterocycles. The number of aryl methyl sites for hydroxylation is 1. The zero-order valence-electron chi connectivity index (χ0n) is 42.1. The number of aliphatic hydroxyl groups excluding tert-OH is 1. The van der Waals surface area contributed by atoms with Crippen molar-refractivity contribution in [2.75, 3.05) is 0 Å². The van der Waals surface area contributed by atoms with Crippen LogP contribution >= 0.6 is 11.3 Å². The van der Waals surface area contributed by atoms with E-state index in [0.717, 1.165) is 81.1 Å². The van der Waals surface area contributed by atoms with Crippen molar-refractivity contribution in [3.8, 4) is 11.3 Å². The first-order valence-electron chi connectivity index (χ1n) is 23.4. The van der Waals surface area contributed by atoms with Crippen LogP contribution in [-0.4, -0.2) is 15.9 Å². The third kappa shape index (κ3) is 9.63. The van der Waals surface area contributed by atoms with E-state index in [1.165, 1.54) is 17.0 Å². The molecule has 3 aromatic carbocycles. The molecule has 0 fully saturated rings. The molecule has 2 heterocycles. The van der Waals surface area contributed by atoms with Crippen molar-refractivity contribution in [1.29, 1.82) is 0 Å². The van der Waals surface area contributed by atoms with E-state index in [9.17, 15) is 12.6 Å². The topological polar surface area (TPSA) is 50.2 Å². The molecular weight excluding hydrogens is 895 g/mol. The average molecular weight is 970 g/mol. The molecule has 311 valence electrons. The molecule has 0 amide bonds. The normalized spacial score (nSPS) is 17.3. The number of pyridine rings is 1. The van der Waals surface area contributed by atoms with E-state index < -0.39 is 24.1 Å². The molecule has 5 aromatic rings. The quantitative estimate of drug-likeness (QED) is 0.0910. The van der Waals surface area contributed by atoms with Crippen molar-refractivity contribution in [2.24, 2.45) is 17.3 Å². The second kappa shape index (κ2) is 17.8. The van der Waals surface area contributed by atoms with Gasteiger partial charge in [-0.2, -0.15) is 0 Å². The van der Waals surface area contributed by atoms with E-state index in [4.69, 9.17) is 9.10 Å². The number of rotatable bonds is 9. The van der Waals surface area contributed by atoms with Crippen molar-refractivity contribution < 1.29 is 36.9 Å². The Balaban J connectivity index is 0.000000453. The minimum Gasteiger partial charge on any atom is -0.512 e. The smallest absolute Gasteiger partial charge is 0.162 e. The van der Waals surface area contributed by atoms with Crippen LogP contribution in [0.15, 0.2) is 54.4 Å². The first-order valence-corrected chi connectivity index (χ1v) is 21.7. The second-order valence-electron chi connectivity index (χ2n) is 19.4. The van der Waals surface area contributed by atoms with Crippen LogP contribution in [0.2, 0.25) is 0 Å². The predicted octanol–water partition coefficient (Wildman–Crippen LogP) is 15.5. The maximum atomic E-state index is 11.7. The maximum absolute atomic E-state index is 11.7. The van der Waals surface area contributed by atoms with Gasteiger partial charge in [-0.1, -0.05) is 126 Å². The third-order valence-corrected chi connectivity index (χ3v) is 13.2. The Bertz CT molecular complexity index is 2460. The van der Waals surface area contributed by atoms with Gasteiger partial charge in [-0.05, 0) is 107 Å². The number of hydrogen-bond acceptors (Lipinski definition) is 4. The Morgan fingerprint density at radius 1 is 0.912 bits per heavy atom. The van der Waals surface area contributed by atoms with E-state index in [-0.39, 0.29) is 59.9 Å². The predicted molar refractivity (Wildman–Crippen MR) is 245 cm³/mol. The van der Waals surface area contributed by atoms with Gasteiger partial charge in [0.2, 0.25) is 0 Å². The molecule has 57 heavy (non-hydrogen) atoms. The Labute approximate surface area is 369 Å². The molecule has 0 bridgehead atoms. The van der Waals surface area contributed by atoms with Gasteiger partial charge in [0.05, 0.1) is 5.76 Å². The number of carbonyl (C=O) groups excluding carboxylic acids is 1.